The van der Waals surface area contributed by atoms with E-state index in [-0.39, 0.29) is 5.02 Å². The monoisotopic (exact) mass is 355 g/mol. The molecule has 2 heterocycles. The molecule has 25 heavy (non-hydrogen) atoms. The van der Waals surface area contributed by atoms with E-state index in [4.69, 9.17) is 11.6 Å². The van der Waals surface area contributed by atoms with Crippen LogP contribution in [0.5, 0.6) is 0 Å². The van der Waals surface area contributed by atoms with Crippen molar-refractivity contribution in [3.8, 4) is 11.4 Å². The molecule has 0 radical (unpaired) electrons. The number of hydrogen-bond acceptors (Lipinski definition) is 5. The molecular weight excluding hydrogens is 341 g/mol. The van der Waals surface area contributed by atoms with Gasteiger partial charge in [0.15, 0.2) is 0 Å². The molecular formula is C18H15ClFN5. The Morgan fingerprint density at radius 1 is 1.04 bits per heavy atom. The number of nitrogens with one attached hydrogen (secondary N) is 2. The van der Waals surface area contributed by atoms with E-state index in [1.807, 2.05) is 18.2 Å². The van der Waals surface area contributed by atoms with Gasteiger partial charge in [0.2, 0.25) is 5.95 Å². The fraction of sp³-hybridized carbons (Fsp3) is 0.167. The molecule has 2 N–H and O–H groups in total. The number of anilines is 3. The second-order valence-electron chi connectivity index (χ2n) is 5.85. The molecule has 1 saturated carbocycles. The minimum Gasteiger partial charge on any atom is -0.351 e. The highest BCUT2D eigenvalue weighted by atomic mass is 35.5. The third-order valence-electron chi connectivity index (χ3n) is 3.76. The highest BCUT2D eigenvalue weighted by Gasteiger charge is 2.22. The first-order valence-corrected chi connectivity index (χ1v) is 8.34. The van der Waals surface area contributed by atoms with E-state index in [0.29, 0.717) is 29.2 Å². The van der Waals surface area contributed by atoms with Crippen molar-refractivity contribution in [1.29, 1.82) is 0 Å². The van der Waals surface area contributed by atoms with Crippen LogP contribution in [-0.2, 0) is 0 Å². The second kappa shape index (κ2) is 6.64. The molecule has 4 rings (SSSR count). The zero-order valence-corrected chi connectivity index (χ0v) is 14.0. The summed E-state index contributed by atoms with van der Waals surface area (Å²) in [7, 11) is 0. The molecule has 0 spiro atoms. The van der Waals surface area contributed by atoms with Crippen LogP contribution in [0.3, 0.4) is 0 Å². The van der Waals surface area contributed by atoms with Gasteiger partial charge in [-0.05, 0) is 43.2 Å². The summed E-state index contributed by atoms with van der Waals surface area (Å²) in [4.78, 5) is 13.4. The highest BCUT2D eigenvalue weighted by molar-refractivity contribution is 6.31. The molecule has 1 aliphatic carbocycles. The average Bonchev–Trinajstić information content (AvgIpc) is 3.43. The Morgan fingerprint density at radius 3 is 2.64 bits per heavy atom. The van der Waals surface area contributed by atoms with Crippen LogP contribution in [0.15, 0.2) is 48.7 Å². The quantitative estimate of drug-likeness (QED) is 0.697. The first-order chi connectivity index (χ1) is 12.2. The number of aromatic nitrogens is 3. The first-order valence-electron chi connectivity index (χ1n) is 7.96. The molecule has 0 atom stereocenters. The summed E-state index contributed by atoms with van der Waals surface area (Å²) < 4.78 is 13.3. The fourth-order valence-corrected chi connectivity index (χ4v) is 2.53. The predicted octanol–water partition coefficient (Wildman–Crippen LogP) is 4.65. The molecule has 0 bridgehead atoms. The number of benzene rings is 1. The van der Waals surface area contributed by atoms with Crippen molar-refractivity contribution in [1.82, 2.24) is 15.0 Å². The Labute approximate surface area is 149 Å². The first kappa shape index (κ1) is 15.8. The van der Waals surface area contributed by atoms with Crippen LogP contribution in [0.25, 0.3) is 11.4 Å². The van der Waals surface area contributed by atoms with Crippen molar-refractivity contribution in [3.63, 3.8) is 0 Å². The van der Waals surface area contributed by atoms with Crippen molar-refractivity contribution in [3.05, 3.63) is 59.5 Å². The van der Waals surface area contributed by atoms with Gasteiger partial charge in [-0.15, -0.1) is 0 Å². The maximum absolute atomic E-state index is 13.3. The largest absolute Gasteiger partial charge is 0.351 e. The lowest BCUT2D eigenvalue weighted by molar-refractivity contribution is 0.628. The predicted molar refractivity (Wildman–Crippen MR) is 96.6 cm³/mol. The summed E-state index contributed by atoms with van der Waals surface area (Å²) >= 11 is 5.85. The lowest BCUT2D eigenvalue weighted by Gasteiger charge is -2.11. The summed E-state index contributed by atoms with van der Waals surface area (Å²) in [5, 5.41) is 6.50. The summed E-state index contributed by atoms with van der Waals surface area (Å²) in [5.41, 5.74) is 2.10. The molecule has 0 amide bonds. The van der Waals surface area contributed by atoms with Crippen molar-refractivity contribution in [2.45, 2.75) is 18.9 Å². The molecule has 5 nitrogen and oxygen atoms in total. The van der Waals surface area contributed by atoms with Gasteiger partial charge in [0.25, 0.3) is 0 Å². The Morgan fingerprint density at radius 2 is 1.92 bits per heavy atom. The van der Waals surface area contributed by atoms with E-state index >= 15 is 0 Å². The SMILES string of the molecule is Fc1ccc(Nc2cc(-c3ccccn3)nc(NC3CC3)n2)cc1Cl. The fourth-order valence-electron chi connectivity index (χ4n) is 2.35. The molecule has 3 aromatic rings. The van der Waals surface area contributed by atoms with E-state index in [1.165, 1.54) is 12.1 Å². The van der Waals surface area contributed by atoms with E-state index in [1.54, 1.807) is 18.3 Å². The van der Waals surface area contributed by atoms with Crippen LogP contribution in [0.4, 0.5) is 21.8 Å². The summed E-state index contributed by atoms with van der Waals surface area (Å²) in [6.07, 6.45) is 3.96. The van der Waals surface area contributed by atoms with Gasteiger partial charge < -0.3 is 10.6 Å². The molecule has 1 aromatic carbocycles. The van der Waals surface area contributed by atoms with Crippen molar-refractivity contribution < 1.29 is 4.39 Å². The van der Waals surface area contributed by atoms with Gasteiger partial charge in [0.1, 0.15) is 11.6 Å². The van der Waals surface area contributed by atoms with E-state index in [2.05, 4.69) is 25.6 Å². The van der Waals surface area contributed by atoms with E-state index < -0.39 is 5.82 Å². The molecule has 0 aliphatic heterocycles. The number of nitrogens with zero attached hydrogens (tertiary/aromatic N) is 3. The average molecular weight is 356 g/mol. The van der Waals surface area contributed by atoms with Crippen LogP contribution in [-0.4, -0.2) is 21.0 Å². The Kier molecular flexibility index (Phi) is 4.19. The van der Waals surface area contributed by atoms with E-state index in [9.17, 15) is 4.39 Å². The lowest BCUT2D eigenvalue weighted by Crippen LogP contribution is -2.08. The molecule has 126 valence electrons. The van der Waals surface area contributed by atoms with Crippen LogP contribution in [0.1, 0.15) is 12.8 Å². The van der Waals surface area contributed by atoms with Crippen molar-refractivity contribution in [2.75, 3.05) is 10.6 Å². The maximum atomic E-state index is 13.3. The van der Waals surface area contributed by atoms with Gasteiger partial charge in [-0.25, -0.2) is 9.37 Å². The molecule has 1 fully saturated rings. The number of hydrogen-bond donors (Lipinski definition) is 2. The normalized spacial score (nSPS) is 13.5. The third kappa shape index (κ3) is 3.85. The minimum atomic E-state index is -0.458. The summed E-state index contributed by atoms with van der Waals surface area (Å²) in [6.45, 7) is 0. The lowest BCUT2D eigenvalue weighted by atomic mass is 10.2. The van der Waals surface area contributed by atoms with Gasteiger partial charge in [0, 0.05) is 24.0 Å². The zero-order chi connectivity index (χ0) is 17.2. The topological polar surface area (TPSA) is 62.7 Å². The molecule has 1 aliphatic rings. The molecule has 0 unspecified atom stereocenters. The minimum absolute atomic E-state index is 0.0559. The van der Waals surface area contributed by atoms with Crippen LogP contribution < -0.4 is 10.6 Å². The Bertz CT molecular complexity index is 899. The number of pyridine rings is 1. The molecule has 0 saturated heterocycles. The van der Waals surface area contributed by atoms with Gasteiger partial charge >= 0.3 is 0 Å². The summed E-state index contributed by atoms with van der Waals surface area (Å²) in [5.74, 6) is 0.669. The standard InChI is InChI=1S/C18H15ClFN5/c19-13-9-12(6-7-14(13)20)22-17-10-16(15-3-1-2-8-21-15)24-18(25-17)23-11-4-5-11/h1-3,6-11H,4-5H2,(H2,22,23,24,25). The van der Waals surface area contributed by atoms with E-state index in [0.717, 1.165) is 18.5 Å². The highest BCUT2D eigenvalue weighted by Crippen LogP contribution is 2.27. The number of halogens is 2. The Hall–Kier alpha value is -2.73. The molecule has 2 aromatic heterocycles. The maximum Gasteiger partial charge on any atom is 0.225 e. The van der Waals surface area contributed by atoms with Crippen LogP contribution >= 0.6 is 11.6 Å². The third-order valence-corrected chi connectivity index (χ3v) is 4.05. The summed E-state index contributed by atoms with van der Waals surface area (Å²) in [6, 6.07) is 12.3. The zero-order valence-electron chi connectivity index (χ0n) is 13.2. The van der Waals surface area contributed by atoms with Crippen LogP contribution in [0, 0.1) is 5.82 Å². The smallest absolute Gasteiger partial charge is 0.225 e. The van der Waals surface area contributed by atoms with Gasteiger partial charge in [0.05, 0.1) is 16.4 Å². The second-order valence-corrected chi connectivity index (χ2v) is 6.26. The van der Waals surface area contributed by atoms with Crippen LogP contribution in [0.2, 0.25) is 5.02 Å². The Balaban J connectivity index is 1.68. The van der Waals surface area contributed by atoms with Gasteiger partial charge in [-0.3, -0.25) is 4.98 Å². The van der Waals surface area contributed by atoms with Gasteiger partial charge in [-0.2, -0.15) is 4.98 Å². The molecule has 7 heteroatoms. The van der Waals surface area contributed by atoms with Crippen molar-refractivity contribution in [2.24, 2.45) is 0 Å². The van der Waals surface area contributed by atoms with Crippen molar-refractivity contribution >= 4 is 29.1 Å². The number of rotatable bonds is 5. The van der Waals surface area contributed by atoms with Gasteiger partial charge in [-0.1, -0.05) is 17.7 Å².